The quantitative estimate of drug-likeness (QED) is 0.356. The van der Waals surface area contributed by atoms with Gasteiger partial charge in [0.1, 0.15) is 23.0 Å². The third-order valence-corrected chi connectivity index (χ3v) is 6.36. The highest BCUT2D eigenvalue weighted by molar-refractivity contribution is 7.92. The maximum Gasteiger partial charge on any atom is 0.262 e. The average Bonchev–Trinajstić information content (AvgIpc) is 2.87. The Balaban J connectivity index is 1.50. The lowest BCUT2D eigenvalue weighted by Crippen LogP contribution is -2.15. The Morgan fingerprint density at radius 3 is 2.06 bits per heavy atom. The highest BCUT2D eigenvalue weighted by Gasteiger charge is 2.17. The van der Waals surface area contributed by atoms with Gasteiger partial charge in [0, 0.05) is 18.2 Å². The van der Waals surface area contributed by atoms with E-state index in [1.165, 1.54) is 38.5 Å². The number of carbonyl (C=O) groups excluding carboxylic acids is 1. The molecule has 0 heterocycles. The molecule has 35 heavy (non-hydrogen) atoms. The van der Waals surface area contributed by atoms with E-state index in [1.807, 2.05) is 0 Å². The van der Waals surface area contributed by atoms with E-state index in [9.17, 15) is 13.2 Å². The van der Waals surface area contributed by atoms with Crippen molar-refractivity contribution in [2.75, 3.05) is 38.0 Å². The van der Waals surface area contributed by atoms with Crippen LogP contribution in [0.5, 0.6) is 23.0 Å². The van der Waals surface area contributed by atoms with Crippen molar-refractivity contribution in [1.82, 2.24) is 0 Å². The van der Waals surface area contributed by atoms with Crippen LogP contribution in [-0.2, 0) is 14.8 Å². The summed E-state index contributed by atoms with van der Waals surface area (Å²) in [7, 11) is 0.677. The topological polar surface area (TPSA) is 112 Å². The van der Waals surface area contributed by atoms with Crippen LogP contribution in [0.2, 0.25) is 0 Å². The van der Waals surface area contributed by atoms with Gasteiger partial charge in [-0.1, -0.05) is 0 Å². The highest BCUT2D eigenvalue weighted by atomic mass is 32.2. The summed E-state index contributed by atoms with van der Waals surface area (Å²) in [5.41, 5.74) is 0.773. The molecule has 3 aromatic carbocycles. The fourth-order valence-electron chi connectivity index (χ4n) is 3.12. The molecule has 0 aliphatic rings. The first-order valence-corrected chi connectivity index (χ1v) is 12.2. The molecule has 0 radical (unpaired) electrons. The first-order chi connectivity index (χ1) is 16.8. The number of carbonyl (C=O) groups is 1. The number of hydrogen-bond donors (Lipinski definition) is 2. The van der Waals surface area contributed by atoms with E-state index >= 15 is 0 Å². The van der Waals surface area contributed by atoms with Crippen LogP contribution >= 0.6 is 0 Å². The zero-order chi connectivity index (χ0) is 25.3. The normalized spacial score (nSPS) is 10.8. The van der Waals surface area contributed by atoms with Crippen LogP contribution in [0, 0.1) is 0 Å². The van der Waals surface area contributed by atoms with Crippen LogP contribution in [-0.4, -0.2) is 42.3 Å². The lowest BCUT2D eigenvalue weighted by Gasteiger charge is -2.13. The SMILES string of the molecule is COc1ccc(OCCCC(=O)Nc2ccc(S(=O)(=O)Nc3ccc(OC)cc3OC)cc2)cc1. The van der Waals surface area contributed by atoms with Crippen LogP contribution in [0.25, 0.3) is 0 Å². The summed E-state index contributed by atoms with van der Waals surface area (Å²) in [6.07, 6.45) is 0.785. The monoisotopic (exact) mass is 500 g/mol. The molecule has 0 fully saturated rings. The van der Waals surface area contributed by atoms with Crippen LogP contribution in [0.4, 0.5) is 11.4 Å². The van der Waals surface area contributed by atoms with Crippen molar-refractivity contribution in [3.63, 3.8) is 0 Å². The van der Waals surface area contributed by atoms with E-state index < -0.39 is 10.0 Å². The maximum absolute atomic E-state index is 12.8. The van der Waals surface area contributed by atoms with E-state index in [1.54, 1.807) is 49.6 Å². The number of nitrogens with one attached hydrogen (secondary N) is 2. The molecular formula is C25H28N2O7S. The third-order valence-electron chi connectivity index (χ3n) is 4.98. The van der Waals surface area contributed by atoms with Crippen molar-refractivity contribution in [3.8, 4) is 23.0 Å². The summed E-state index contributed by atoms with van der Waals surface area (Å²) in [4.78, 5) is 12.3. The van der Waals surface area contributed by atoms with Gasteiger partial charge < -0.3 is 24.3 Å². The number of hydrogen-bond acceptors (Lipinski definition) is 7. The average molecular weight is 501 g/mol. The van der Waals surface area contributed by atoms with Crippen LogP contribution in [0.1, 0.15) is 12.8 Å². The second-order valence-corrected chi connectivity index (χ2v) is 9.05. The molecule has 0 aromatic heterocycles. The third kappa shape index (κ3) is 7.28. The molecule has 0 unspecified atom stereocenters. The molecule has 2 N–H and O–H groups in total. The van der Waals surface area contributed by atoms with Gasteiger partial charge in [-0.25, -0.2) is 8.42 Å². The molecule has 0 saturated carbocycles. The second kappa shape index (κ2) is 12.0. The smallest absolute Gasteiger partial charge is 0.262 e. The molecule has 0 atom stereocenters. The van der Waals surface area contributed by atoms with Gasteiger partial charge in [-0.15, -0.1) is 0 Å². The summed E-state index contributed by atoms with van der Waals surface area (Å²) in [6.45, 7) is 0.386. The predicted molar refractivity (Wildman–Crippen MR) is 133 cm³/mol. The van der Waals surface area contributed by atoms with Gasteiger partial charge >= 0.3 is 0 Å². The summed E-state index contributed by atoms with van der Waals surface area (Å²) in [6, 6.07) is 17.9. The lowest BCUT2D eigenvalue weighted by molar-refractivity contribution is -0.116. The Morgan fingerprint density at radius 2 is 1.43 bits per heavy atom. The number of sulfonamides is 1. The summed E-state index contributed by atoms with van der Waals surface area (Å²) < 4.78 is 49.1. The van der Waals surface area contributed by atoms with Crippen LogP contribution in [0.3, 0.4) is 0 Å². The van der Waals surface area contributed by atoms with Gasteiger partial charge in [-0.2, -0.15) is 0 Å². The molecule has 0 spiro atoms. The number of ether oxygens (including phenoxy) is 4. The van der Waals surface area contributed by atoms with Crippen molar-refractivity contribution in [2.45, 2.75) is 17.7 Å². The van der Waals surface area contributed by atoms with Gasteiger partial charge in [-0.3, -0.25) is 9.52 Å². The Hall–Kier alpha value is -3.92. The first-order valence-electron chi connectivity index (χ1n) is 10.8. The lowest BCUT2D eigenvalue weighted by atomic mass is 10.2. The molecule has 3 rings (SSSR count). The summed E-state index contributed by atoms with van der Waals surface area (Å²) >= 11 is 0. The van der Waals surface area contributed by atoms with Crippen molar-refractivity contribution in [2.24, 2.45) is 0 Å². The van der Waals surface area contributed by atoms with E-state index in [-0.39, 0.29) is 22.9 Å². The van der Waals surface area contributed by atoms with E-state index in [0.29, 0.717) is 36.0 Å². The summed E-state index contributed by atoms with van der Waals surface area (Å²) in [5, 5.41) is 2.75. The number of amides is 1. The van der Waals surface area contributed by atoms with Crippen molar-refractivity contribution in [1.29, 1.82) is 0 Å². The Kier molecular flexibility index (Phi) is 8.80. The number of anilines is 2. The standard InChI is InChI=1S/C25H28N2O7S/c1-31-19-8-10-20(11-9-19)34-16-4-5-25(28)26-18-6-13-22(14-7-18)35(29,30)27-23-15-12-21(32-2)17-24(23)33-3/h6-15,17,27H,4-5,16H2,1-3H3,(H,26,28). The molecule has 0 bridgehead atoms. The molecule has 9 nitrogen and oxygen atoms in total. The Bertz CT molecular complexity index is 1230. The fraction of sp³-hybridized carbons (Fsp3) is 0.240. The zero-order valence-electron chi connectivity index (χ0n) is 19.7. The van der Waals surface area contributed by atoms with E-state index in [0.717, 1.165) is 5.75 Å². The minimum absolute atomic E-state index is 0.0428. The summed E-state index contributed by atoms with van der Waals surface area (Å²) in [5.74, 6) is 2.11. The second-order valence-electron chi connectivity index (χ2n) is 7.37. The largest absolute Gasteiger partial charge is 0.497 e. The molecule has 3 aromatic rings. The predicted octanol–water partition coefficient (Wildman–Crippen LogP) is 4.31. The van der Waals surface area contributed by atoms with Crippen molar-refractivity contribution < 1.29 is 32.2 Å². The van der Waals surface area contributed by atoms with Crippen molar-refractivity contribution >= 4 is 27.3 Å². The minimum atomic E-state index is -3.87. The van der Waals surface area contributed by atoms with Crippen molar-refractivity contribution in [3.05, 3.63) is 66.7 Å². The first kappa shape index (κ1) is 25.7. The van der Waals surface area contributed by atoms with Gasteiger partial charge in [-0.05, 0) is 67.1 Å². The molecule has 10 heteroatoms. The number of rotatable bonds is 12. The highest BCUT2D eigenvalue weighted by Crippen LogP contribution is 2.31. The number of methoxy groups -OCH3 is 3. The van der Waals surface area contributed by atoms with Crippen LogP contribution < -0.4 is 29.0 Å². The number of benzene rings is 3. The Labute approximate surface area is 205 Å². The molecule has 0 aliphatic heterocycles. The van der Waals surface area contributed by atoms with Gasteiger partial charge in [0.15, 0.2) is 0 Å². The maximum atomic E-state index is 12.8. The van der Waals surface area contributed by atoms with E-state index in [4.69, 9.17) is 18.9 Å². The van der Waals surface area contributed by atoms with Gasteiger partial charge in [0.25, 0.3) is 10.0 Å². The molecule has 0 aliphatic carbocycles. The van der Waals surface area contributed by atoms with Gasteiger partial charge in [0.2, 0.25) is 5.91 Å². The Morgan fingerprint density at radius 1 is 0.800 bits per heavy atom. The molecule has 186 valence electrons. The molecule has 0 saturated heterocycles. The van der Waals surface area contributed by atoms with E-state index in [2.05, 4.69) is 10.0 Å². The minimum Gasteiger partial charge on any atom is -0.497 e. The fourth-order valence-corrected chi connectivity index (χ4v) is 4.19. The molecular weight excluding hydrogens is 472 g/mol. The molecule has 1 amide bonds. The zero-order valence-corrected chi connectivity index (χ0v) is 20.6. The van der Waals surface area contributed by atoms with Crippen LogP contribution in [0.15, 0.2) is 71.6 Å². The van der Waals surface area contributed by atoms with Gasteiger partial charge in [0.05, 0.1) is 38.5 Å².